The van der Waals surface area contributed by atoms with Gasteiger partial charge in [-0.15, -0.1) is 0 Å². The van der Waals surface area contributed by atoms with Gasteiger partial charge in [0.05, 0.1) is 6.10 Å². The second-order valence-electron chi connectivity index (χ2n) is 4.27. The summed E-state index contributed by atoms with van der Waals surface area (Å²) < 4.78 is 5.43. The van der Waals surface area contributed by atoms with E-state index in [9.17, 15) is 0 Å². The first-order valence-electron chi connectivity index (χ1n) is 6.03. The van der Waals surface area contributed by atoms with Crippen LogP contribution in [0.2, 0.25) is 5.15 Å². The average molecular weight is 256 g/mol. The summed E-state index contributed by atoms with van der Waals surface area (Å²) in [6.07, 6.45) is 4.93. The van der Waals surface area contributed by atoms with E-state index in [-0.39, 0.29) is 0 Å². The quantitative estimate of drug-likeness (QED) is 0.777. The van der Waals surface area contributed by atoms with Gasteiger partial charge in [0.25, 0.3) is 0 Å². The zero-order valence-corrected chi connectivity index (χ0v) is 11.1. The van der Waals surface area contributed by atoms with Gasteiger partial charge in [-0.1, -0.05) is 18.5 Å². The van der Waals surface area contributed by atoms with Crippen LogP contribution in [-0.2, 0) is 11.2 Å². The van der Waals surface area contributed by atoms with Crippen molar-refractivity contribution in [1.29, 1.82) is 0 Å². The summed E-state index contributed by atoms with van der Waals surface area (Å²) in [7, 11) is 1.77. The largest absolute Gasteiger partial charge is 0.380 e. The Balaban J connectivity index is 2.24. The molecule has 1 saturated heterocycles. The van der Waals surface area contributed by atoms with Crippen molar-refractivity contribution in [3.8, 4) is 0 Å². The van der Waals surface area contributed by atoms with Crippen LogP contribution in [0.1, 0.15) is 25.3 Å². The number of piperidine rings is 1. The van der Waals surface area contributed by atoms with Gasteiger partial charge in [-0.2, -0.15) is 0 Å². The van der Waals surface area contributed by atoms with E-state index in [4.69, 9.17) is 16.3 Å². The summed E-state index contributed by atoms with van der Waals surface area (Å²) in [6.45, 7) is 3.98. The molecule has 4 nitrogen and oxygen atoms in total. The average Bonchev–Trinajstić information content (AvgIpc) is 2.38. The van der Waals surface area contributed by atoms with Crippen LogP contribution in [0.3, 0.4) is 0 Å². The van der Waals surface area contributed by atoms with Gasteiger partial charge in [0.1, 0.15) is 17.3 Å². The number of halogens is 1. The van der Waals surface area contributed by atoms with Gasteiger partial charge < -0.3 is 9.64 Å². The summed E-state index contributed by atoms with van der Waals surface area (Å²) in [5, 5.41) is 0.567. The van der Waals surface area contributed by atoms with Gasteiger partial charge >= 0.3 is 0 Å². The summed E-state index contributed by atoms with van der Waals surface area (Å²) in [6, 6.07) is 0. The molecule has 0 amide bonds. The smallest absolute Gasteiger partial charge is 0.137 e. The third-order valence-corrected chi connectivity index (χ3v) is 3.56. The first-order chi connectivity index (χ1) is 8.26. The van der Waals surface area contributed by atoms with E-state index in [2.05, 4.69) is 21.8 Å². The Bertz CT molecular complexity index is 386. The lowest BCUT2D eigenvalue weighted by atomic mass is 10.1. The van der Waals surface area contributed by atoms with Crippen molar-refractivity contribution in [1.82, 2.24) is 9.97 Å². The van der Waals surface area contributed by atoms with Crippen LogP contribution in [0.25, 0.3) is 0 Å². The molecule has 2 heterocycles. The molecule has 94 valence electrons. The normalized spacial score (nSPS) is 20.6. The second-order valence-corrected chi connectivity index (χ2v) is 4.62. The zero-order chi connectivity index (χ0) is 12.3. The molecule has 0 bridgehead atoms. The molecule has 0 spiro atoms. The summed E-state index contributed by atoms with van der Waals surface area (Å²) in [5.41, 5.74) is 1.03. The van der Waals surface area contributed by atoms with Crippen molar-refractivity contribution in [2.45, 2.75) is 32.3 Å². The molecule has 1 fully saturated rings. The standard InChI is InChI=1S/C12H18ClN3O/c1-3-10-11(13)14-8-15-12(10)16-6-4-5-9(7-16)17-2/h8-9H,3-7H2,1-2H3. The number of aromatic nitrogens is 2. The SMILES string of the molecule is CCc1c(Cl)ncnc1N1CCCC(OC)C1. The molecule has 0 radical (unpaired) electrons. The van der Waals surface area contributed by atoms with Crippen LogP contribution in [-0.4, -0.2) is 36.3 Å². The molecule has 1 unspecified atom stereocenters. The number of hydrogen-bond acceptors (Lipinski definition) is 4. The van der Waals surface area contributed by atoms with E-state index >= 15 is 0 Å². The zero-order valence-electron chi connectivity index (χ0n) is 10.3. The highest BCUT2D eigenvalue weighted by molar-refractivity contribution is 6.30. The van der Waals surface area contributed by atoms with Gasteiger partial charge in [0.2, 0.25) is 0 Å². The Kier molecular flexibility index (Phi) is 4.18. The maximum absolute atomic E-state index is 6.11. The molecule has 5 heteroatoms. The Morgan fingerprint density at radius 3 is 3.06 bits per heavy atom. The minimum atomic E-state index is 0.294. The van der Waals surface area contributed by atoms with E-state index in [1.165, 1.54) is 6.33 Å². The van der Waals surface area contributed by atoms with Gasteiger partial charge in [-0.25, -0.2) is 9.97 Å². The molecule has 0 aromatic carbocycles. The molecule has 0 aliphatic carbocycles. The highest BCUT2D eigenvalue weighted by atomic mass is 35.5. The molecular formula is C12H18ClN3O. The minimum Gasteiger partial charge on any atom is -0.380 e. The van der Waals surface area contributed by atoms with Gasteiger partial charge in [-0.05, 0) is 19.3 Å². The first-order valence-corrected chi connectivity index (χ1v) is 6.41. The second kappa shape index (κ2) is 5.65. The number of hydrogen-bond donors (Lipinski definition) is 0. The molecule has 1 aromatic rings. The topological polar surface area (TPSA) is 38.2 Å². The summed E-state index contributed by atoms with van der Waals surface area (Å²) in [5.74, 6) is 0.967. The summed E-state index contributed by atoms with van der Waals surface area (Å²) in [4.78, 5) is 10.7. The first kappa shape index (κ1) is 12.6. The van der Waals surface area contributed by atoms with E-state index in [1.54, 1.807) is 7.11 Å². The number of rotatable bonds is 3. The fourth-order valence-electron chi connectivity index (χ4n) is 2.28. The minimum absolute atomic E-state index is 0.294. The molecule has 0 saturated carbocycles. The predicted octanol–water partition coefficient (Wildman–Crippen LogP) is 2.31. The highest BCUT2D eigenvalue weighted by Crippen LogP contribution is 2.26. The van der Waals surface area contributed by atoms with E-state index in [0.717, 1.165) is 43.7 Å². The van der Waals surface area contributed by atoms with Crippen molar-refractivity contribution < 1.29 is 4.74 Å². The van der Waals surface area contributed by atoms with Crippen LogP contribution in [0.4, 0.5) is 5.82 Å². The molecular weight excluding hydrogens is 238 g/mol. The maximum Gasteiger partial charge on any atom is 0.137 e. The Labute approximate surface area is 107 Å². The van der Waals surface area contributed by atoms with Crippen LogP contribution >= 0.6 is 11.6 Å². The van der Waals surface area contributed by atoms with Crippen molar-refractivity contribution in [2.75, 3.05) is 25.1 Å². The van der Waals surface area contributed by atoms with Gasteiger partial charge in [-0.3, -0.25) is 0 Å². The van der Waals surface area contributed by atoms with Crippen LogP contribution in [0, 0.1) is 0 Å². The molecule has 2 rings (SSSR count). The van der Waals surface area contributed by atoms with E-state index < -0.39 is 0 Å². The molecule has 1 atom stereocenters. The fourth-order valence-corrected chi connectivity index (χ4v) is 2.54. The number of anilines is 1. The van der Waals surface area contributed by atoms with Crippen LogP contribution in [0.5, 0.6) is 0 Å². The Hall–Kier alpha value is -0.870. The van der Waals surface area contributed by atoms with Crippen molar-refractivity contribution in [2.24, 2.45) is 0 Å². The number of ether oxygens (including phenoxy) is 1. The lowest BCUT2D eigenvalue weighted by Crippen LogP contribution is -2.40. The molecule has 17 heavy (non-hydrogen) atoms. The Morgan fingerprint density at radius 2 is 2.35 bits per heavy atom. The van der Waals surface area contributed by atoms with Crippen molar-refractivity contribution in [3.05, 3.63) is 17.0 Å². The highest BCUT2D eigenvalue weighted by Gasteiger charge is 2.23. The summed E-state index contributed by atoms with van der Waals surface area (Å²) >= 11 is 6.11. The maximum atomic E-state index is 6.11. The lowest BCUT2D eigenvalue weighted by molar-refractivity contribution is 0.0891. The van der Waals surface area contributed by atoms with Crippen LogP contribution < -0.4 is 4.90 Å². The molecule has 1 aliphatic rings. The molecule has 1 aromatic heterocycles. The third-order valence-electron chi connectivity index (χ3n) is 3.23. The van der Waals surface area contributed by atoms with Gasteiger partial charge in [0, 0.05) is 25.8 Å². The number of nitrogens with zero attached hydrogens (tertiary/aromatic N) is 3. The fraction of sp³-hybridized carbons (Fsp3) is 0.667. The monoisotopic (exact) mass is 255 g/mol. The third kappa shape index (κ3) is 2.69. The van der Waals surface area contributed by atoms with E-state index in [0.29, 0.717) is 11.3 Å². The predicted molar refractivity (Wildman–Crippen MR) is 68.7 cm³/mol. The molecule has 0 N–H and O–H groups in total. The lowest BCUT2D eigenvalue weighted by Gasteiger charge is -2.33. The van der Waals surface area contributed by atoms with E-state index in [1.807, 2.05) is 0 Å². The molecule has 1 aliphatic heterocycles. The Morgan fingerprint density at radius 1 is 1.53 bits per heavy atom. The van der Waals surface area contributed by atoms with Crippen LogP contribution in [0.15, 0.2) is 6.33 Å². The van der Waals surface area contributed by atoms with Gasteiger partial charge in [0.15, 0.2) is 0 Å². The van der Waals surface area contributed by atoms with Crippen molar-refractivity contribution in [3.63, 3.8) is 0 Å². The van der Waals surface area contributed by atoms with Crippen molar-refractivity contribution >= 4 is 17.4 Å². The number of methoxy groups -OCH3 is 1.